The first-order valence-corrected chi connectivity index (χ1v) is 12.1. The summed E-state index contributed by atoms with van der Waals surface area (Å²) in [4.78, 5) is 34.1. The van der Waals surface area contributed by atoms with Gasteiger partial charge in [0, 0.05) is 35.0 Å². The standard InChI is InChI=1S/C25H22N4O2S/c26-12-16-20(14-6-5-11-27-13-14)22-17(8-4-9-18(22)30)29-23(16)28-24(31)21-15-7-2-1-3-10-19(15)32-25(21)29/h5-6,11,13,20H,1-4,7-10H2,(H,28,31). The van der Waals surface area contributed by atoms with Crippen molar-refractivity contribution in [1.29, 1.82) is 5.26 Å². The van der Waals surface area contributed by atoms with Crippen LogP contribution in [0.1, 0.15) is 70.8 Å². The number of nitrogens with zero attached hydrogens (tertiary/aromatic N) is 3. The van der Waals surface area contributed by atoms with Crippen molar-refractivity contribution in [2.24, 2.45) is 0 Å². The third-order valence-corrected chi connectivity index (χ3v) is 8.23. The van der Waals surface area contributed by atoms with Crippen LogP contribution in [-0.2, 0) is 17.6 Å². The van der Waals surface area contributed by atoms with Gasteiger partial charge in [0.05, 0.1) is 23.1 Å². The summed E-state index contributed by atoms with van der Waals surface area (Å²) in [5.41, 5.74) is 4.75. The number of nitrogens with one attached hydrogen (secondary N) is 1. The second kappa shape index (κ2) is 7.42. The van der Waals surface area contributed by atoms with E-state index >= 15 is 0 Å². The average Bonchev–Trinajstić information content (AvgIpc) is 3.02. The number of Topliss-reactive ketones (excluding diaryl/α,β-unsaturated/α-hetero) is 1. The third-order valence-electron chi connectivity index (χ3n) is 6.96. The van der Waals surface area contributed by atoms with E-state index in [0.29, 0.717) is 23.4 Å². The van der Waals surface area contributed by atoms with Gasteiger partial charge in [0.15, 0.2) is 5.78 Å². The Labute approximate surface area is 190 Å². The third kappa shape index (κ3) is 2.72. The number of fused-ring (bicyclic) bond motifs is 6. The number of rotatable bonds is 1. The van der Waals surface area contributed by atoms with Crippen molar-refractivity contribution in [3.63, 3.8) is 0 Å². The second-order valence-corrected chi connectivity index (χ2v) is 9.85. The van der Waals surface area contributed by atoms with Crippen molar-refractivity contribution in [3.8, 4) is 6.07 Å². The molecule has 6 nitrogen and oxygen atoms in total. The van der Waals surface area contributed by atoms with Gasteiger partial charge in [-0.15, -0.1) is 11.3 Å². The van der Waals surface area contributed by atoms with Gasteiger partial charge in [-0.05, 0) is 55.7 Å². The zero-order valence-electron chi connectivity index (χ0n) is 17.6. The molecule has 1 unspecified atom stereocenters. The number of allylic oxidation sites excluding steroid dienone is 3. The predicted octanol–water partition coefficient (Wildman–Crippen LogP) is 4.50. The summed E-state index contributed by atoms with van der Waals surface area (Å²) >= 11 is 1.67. The average molecular weight is 443 g/mol. The summed E-state index contributed by atoms with van der Waals surface area (Å²) in [7, 11) is 0. The Morgan fingerprint density at radius 2 is 2.00 bits per heavy atom. The van der Waals surface area contributed by atoms with Crippen LogP contribution < -0.4 is 10.2 Å². The Bertz CT molecular complexity index is 1260. The summed E-state index contributed by atoms with van der Waals surface area (Å²) in [5, 5.41) is 14.2. The van der Waals surface area contributed by atoms with Crippen LogP contribution in [0, 0.1) is 11.3 Å². The molecule has 4 aliphatic rings. The van der Waals surface area contributed by atoms with Crippen LogP contribution in [0.4, 0.5) is 5.00 Å². The highest BCUT2D eigenvalue weighted by molar-refractivity contribution is 7.17. The zero-order valence-corrected chi connectivity index (χ0v) is 18.4. The molecule has 2 aromatic rings. The summed E-state index contributed by atoms with van der Waals surface area (Å²) in [6.07, 6.45) is 10.7. The summed E-state index contributed by atoms with van der Waals surface area (Å²) in [6.45, 7) is 0. The number of aryl methyl sites for hydroxylation is 1. The Hall–Kier alpha value is -3.24. The van der Waals surface area contributed by atoms with E-state index < -0.39 is 5.92 Å². The lowest BCUT2D eigenvalue weighted by atomic mass is 9.75. The fraction of sp³-hybridized carbons (Fsp3) is 0.360. The molecule has 32 heavy (non-hydrogen) atoms. The number of thiophene rings is 1. The summed E-state index contributed by atoms with van der Waals surface area (Å²) in [6, 6.07) is 6.07. The van der Waals surface area contributed by atoms with Gasteiger partial charge in [-0.25, -0.2) is 0 Å². The van der Waals surface area contributed by atoms with Crippen LogP contribution in [0.2, 0.25) is 0 Å². The molecule has 0 spiro atoms. The van der Waals surface area contributed by atoms with Crippen LogP contribution in [-0.4, -0.2) is 16.7 Å². The number of carbonyl (C=O) groups is 2. The molecule has 7 heteroatoms. The lowest BCUT2D eigenvalue weighted by Gasteiger charge is -2.42. The Morgan fingerprint density at radius 3 is 2.81 bits per heavy atom. The molecule has 1 N–H and O–H groups in total. The van der Waals surface area contributed by atoms with Crippen molar-refractivity contribution in [2.45, 2.75) is 57.3 Å². The van der Waals surface area contributed by atoms with E-state index in [1.165, 1.54) is 11.3 Å². The number of nitriles is 1. The van der Waals surface area contributed by atoms with Gasteiger partial charge in [0.2, 0.25) is 0 Å². The van der Waals surface area contributed by atoms with Crippen molar-refractivity contribution in [3.05, 3.63) is 68.8 Å². The van der Waals surface area contributed by atoms with E-state index in [0.717, 1.165) is 65.9 Å². The largest absolute Gasteiger partial charge is 0.307 e. The molecular weight excluding hydrogens is 420 g/mol. The number of amides is 1. The van der Waals surface area contributed by atoms with E-state index in [2.05, 4.69) is 16.4 Å². The molecule has 2 aliphatic carbocycles. The maximum Gasteiger partial charge on any atom is 0.260 e. The van der Waals surface area contributed by atoms with E-state index in [-0.39, 0.29) is 11.7 Å². The second-order valence-electron chi connectivity index (χ2n) is 8.76. The Balaban J connectivity index is 1.62. The molecule has 0 saturated heterocycles. The van der Waals surface area contributed by atoms with Gasteiger partial charge >= 0.3 is 0 Å². The van der Waals surface area contributed by atoms with Crippen LogP contribution in [0.5, 0.6) is 0 Å². The SMILES string of the molecule is N#CC1=C2NC(=O)c3c(sc4c3CCCCC4)N2C2=C(C(=O)CCC2)C1c1cccnc1. The minimum Gasteiger partial charge on any atom is -0.307 e. The Kier molecular flexibility index (Phi) is 4.51. The topological polar surface area (TPSA) is 86.1 Å². The quantitative estimate of drug-likeness (QED) is 0.657. The minimum absolute atomic E-state index is 0.0865. The molecule has 4 heterocycles. The van der Waals surface area contributed by atoms with Crippen molar-refractivity contribution in [2.75, 3.05) is 4.90 Å². The van der Waals surface area contributed by atoms with E-state index in [1.807, 2.05) is 17.0 Å². The molecule has 0 fully saturated rings. The summed E-state index contributed by atoms with van der Waals surface area (Å²) < 4.78 is 0. The molecule has 0 saturated carbocycles. The normalized spacial score (nSPS) is 22.3. The molecule has 6 rings (SSSR count). The first-order chi connectivity index (χ1) is 15.7. The molecule has 0 bridgehead atoms. The summed E-state index contributed by atoms with van der Waals surface area (Å²) in [5.74, 6) is -0.0240. The first kappa shape index (κ1) is 19.4. The zero-order chi connectivity index (χ0) is 21.8. The van der Waals surface area contributed by atoms with Gasteiger partial charge in [-0.2, -0.15) is 5.26 Å². The molecule has 0 radical (unpaired) electrons. The van der Waals surface area contributed by atoms with Crippen molar-refractivity contribution < 1.29 is 9.59 Å². The number of hydrogen-bond donors (Lipinski definition) is 1. The number of pyridine rings is 1. The molecular formula is C25H22N4O2S. The van der Waals surface area contributed by atoms with Gasteiger partial charge in [-0.3, -0.25) is 19.5 Å². The van der Waals surface area contributed by atoms with Gasteiger partial charge in [0.1, 0.15) is 10.8 Å². The smallest absolute Gasteiger partial charge is 0.260 e. The maximum absolute atomic E-state index is 13.3. The number of hydrogen-bond acceptors (Lipinski definition) is 6. The van der Waals surface area contributed by atoms with Gasteiger partial charge in [0.25, 0.3) is 5.91 Å². The van der Waals surface area contributed by atoms with Gasteiger partial charge in [-0.1, -0.05) is 12.5 Å². The molecule has 1 amide bonds. The highest BCUT2D eigenvalue weighted by atomic mass is 32.1. The molecule has 2 aromatic heterocycles. The lowest BCUT2D eigenvalue weighted by molar-refractivity contribution is -0.116. The Morgan fingerprint density at radius 1 is 1.12 bits per heavy atom. The van der Waals surface area contributed by atoms with Crippen LogP contribution in [0.3, 0.4) is 0 Å². The molecule has 1 atom stereocenters. The number of anilines is 1. The molecule has 2 aliphatic heterocycles. The van der Waals surface area contributed by atoms with Crippen LogP contribution in [0.25, 0.3) is 0 Å². The van der Waals surface area contributed by atoms with E-state index in [4.69, 9.17) is 0 Å². The van der Waals surface area contributed by atoms with E-state index in [9.17, 15) is 14.9 Å². The lowest BCUT2D eigenvalue weighted by Crippen LogP contribution is -2.46. The fourth-order valence-electron chi connectivity index (χ4n) is 5.58. The minimum atomic E-state index is -0.498. The molecule has 0 aromatic carbocycles. The fourth-order valence-corrected chi connectivity index (χ4v) is 7.00. The van der Waals surface area contributed by atoms with Crippen LogP contribution in [0.15, 0.2) is 47.2 Å². The highest BCUT2D eigenvalue weighted by Crippen LogP contribution is 2.52. The number of aromatic nitrogens is 1. The highest BCUT2D eigenvalue weighted by Gasteiger charge is 2.45. The first-order valence-electron chi connectivity index (χ1n) is 11.3. The monoisotopic (exact) mass is 442 g/mol. The predicted molar refractivity (Wildman–Crippen MR) is 121 cm³/mol. The molecule has 160 valence electrons. The van der Waals surface area contributed by atoms with E-state index in [1.54, 1.807) is 23.7 Å². The maximum atomic E-state index is 13.3. The van der Waals surface area contributed by atoms with Crippen molar-refractivity contribution >= 4 is 28.0 Å². The van der Waals surface area contributed by atoms with Crippen molar-refractivity contribution in [1.82, 2.24) is 10.3 Å². The number of ketones is 1. The van der Waals surface area contributed by atoms with Crippen LogP contribution >= 0.6 is 11.3 Å². The van der Waals surface area contributed by atoms with Gasteiger partial charge < -0.3 is 5.32 Å². The number of carbonyl (C=O) groups excluding carboxylic acids is 2.